The number of carbonyl (C=O) groups excluding carboxylic acids is 2. The predicted molar refractivity (Wildman–Crippen MR) is 88.9 cm³/mol. The summed E-state index contributed by atoms with van der Waals surface area (Å²) >= 11 is 5.78. The number of amides is 3. The van der Waals surface area contributed by atoms with Crippen molar-refractivity contribution in [3.8, 4) is 5.75 Å². The third kappa shape index (κ3) is 5.52. The molecular weight excluding hydrogens is 318 g/mol. The molecule has 0 aliphatic carbocycles. The summed E-state index contributed by atoms with van der Waals surface area (Å²) in [5, 5.41) is 5.78. The summed E-state index contributed by atoms with van der Waals surface area (Å²) in [6, 6.07) is 12.8. The van der Waals surface area contributed by atoms with E-state index in [0.29, 0.717) is 35.2 Å². The summed E-state index contributed by atoms with van der Waals surface area (Å²) < 4.78 is 5.48. The molecule has 0 spiro atoms. The summed E-state index contributed by atoms with van der Waals surface area (Å²) in [5.74, 6) is 0.411. The Kier molecular flexibility index (Phi) is 5.82. The first kappa shape index (κ1) is 16.6. The molecule has 0 aliphatic heterocycles. The van der Waals surface area contributed by atoms with E-state index in [9.17, 15) is 9.59 Å². The van der Waals surface area contributed by atoms with Crippen LogP contribution in [0.2, 0.25) is 5.02 Å². The van der Waals surface area contributed by atoms with Crippen molar-refractivity contribution >= 4 is 29.2 Å². The lowest BCUT2D eigenvalue weighted by atomic mass is 10.2. The number of hydrogen-bond donors (Lipinski definition) is 3. The van der Waals surface area contributed by atoms with Crippen LogP contribution in [0.15, 0.2) is 48.5 Å². The van der Waals surface area contributed by atoms with Gasteiger partial charge in [-0.25, -0.2) is 4.79 Å². The van der Waals surface area contributed by atoms with Gasteiger partial charge in [0.05, 0.1) is 6.54 Å². The number of ether oxygens (including phenoxy) is 1. The van der Waals surface area contributed by atoms with Gasteiger partial charge in [-0.3, -0.25) is 4.79 Å². The summed E-state index contributed by atoms with van der Waals surface area (Å²) in [6.45, 7) is 0.668. The zero-order valence-corrected chi connectivity index (χ0v) is 13.0. The number of rotatable bonds is 6. The standard InChI is InChI=1S/C16H16ClN3O3/c17-12-4-6-14(7-5-12)23-9-8-19-15(21)11-2-1-3-13(10-11)20-16(18)22/h1-7,10H,8-9H2,(H,19,21)(H3,18,20,22). The van der Waals surface area contributed by atoms with Gasteiger partial charge >= 0.3 is 6.03 Å². The van der Waals surface area contributed by atoms with E-state index in [1.54, 1.807) is 48.5 Å². The molecule has 0 aliphatic rings. The van der Waals surface area contributed by atoms with Crippen LogP contribution in [0.4, 0.5) is 10.5 Å². The highest BCUT2D eigenvalue weighted by Crippen LogP contribution is 2.15. The van der Waals surface area contributed by atoms with Crippen molar-refractivity contribution in [2.75, 3.05) is 18.5 Å². The van der Waals surface area contributed by atoms with Crippen LogP contribution < -0.4 is 21.1 Å². The maximum atomic E-state index is 12.0. The van der Waals surface area contributed by atoms with Gasteiger partial charge in [0.25, 0.3) is 5.91 Å². The Morgan fingerprint density at radius 2 is 1.87 bits per heavy atom. The number of carbonyl (C=O) groups is 2. The van der Waals surface area contributed by atoms with E-state index in [4.69, 9.17) is 22.1 Å². The van der Waals surface area contributed by atoms with Crippen molar-refractivity contribution in [2.45, 2.75) is 0 Å². The molecule has 0 heterocycles. The number of nitrogens with two attached hydrogens (primary N) is 1. The third-order valence-corrected chi connectivity index (χ3v) is 3.11. The number of hydrogen-bond acceptors (Lipinski definition) is 3. The second kappa shape index (κ2) is 8.05. The van der Waals surface area contributed by atoms with Gasteiger partial charge in [-0.2, -0.15) is 0 Å². The normalized spacial score (nSPS) is 9.96. The van der Waals surface area contributed by atoms with Crippen LogP contribution in [-0.4, -0.2) is 25.1 Å². The molecule has 2 rings (SSSR count). The SMILES string of the molecule is NC(=O)Nc1cccc(C(=O)NCCOc2ccc(Cl)cc2)c1. The molecule has 0 saturated carbocycles. The highest BCUT2D eigenvalue weighted by Gasteiger charge is 2.06. The molecule has 0 saturated heterocycles. The molecule has 0 fully saturated rings. The molecule has 0 radical (unpaired) electrons. The van der Waals surface area contributed by atoms with Crippen molar-refractivity contribution in [2.24, 2.45) is 5.73 Å². The largest absolute Gasteiger partial charge is 0.492 e. The van der Waals surface area contributed by atoms with E-state index in [1.807, 2.05) is 0 Å². The lowest BCUT2D eigenvalue weighted by molar-refractivity contribution is 0.0947. The molecule has 7 heteroatoms. The Bertz CT molecular complexity index is 689. The fourth-order valence-corrected chi connectivity index (χ4v) is 1.97. The van der Waals surface area contributed by atoms with Crippen molar-refractivity contribution in [1.29, 1.82) is 0 Å². The monoisotopic (exact) mass is 333 g/mol. The first-order valence-corrected chi connectivity index (χ1v) is 7.25. The third-order valence-electron chi connectivity index (χ3n) is 2.86. The van der Waals surface area contributed by atoms with Crippen molar-refractivity contribution in [1.82, 2.24) is 5.32 Å². The minimum absolute atomic E-state index is 0.266. The van der Waals surface area contributed by atoms with E-state index in [0.717, 1.165) is 0 Å². The fourth-order valence-electron chi connectivity index (χ4n) is 1.85. The van der Waals surface area contributed by atoms with Crippen LogP contribution >= 0.6 is 11.6 Å². The van der Waals surface area contributed by atoms with Gasteiger partial charge in [0.2, 0.25) is 0 Å². The molecule has 2 aromatic carbocycles. The molecule has 2 aromatic rings. The number of halogens is 1. The first-order chi connectivity index (χ1) is 11.0. The molecule has 4 N–H and O–H groups in total. The minimum atomic E-state index is -0.682. The van der Waals surface area contributed by atoms with Gasteiger partial charge in [-0.05, 0) is 42.5 Å². The molecule has 0 aromatic heterocycles. The summed E-state index contributed by atoms with van der Waals surface area (Å²) in [5.41, 5.74) is 5.92. The molecule has 3 amide bonds. The van der Waals surface area contributed by atoms with E-state index in [1.165, 1.54) is 0 Å². The molecule has 0 bridgehead atoms. The topological polar surface area (TPSA) is 93.5 Å². The molecular formula is C16H16ClN3O3. The quantitative estimate of drug-likeness (QED) is 0.709. The van der Waals surface area contributed by atoms with Gasteiger partial charge in [0.1, 0.15) is 12.4 Å². The highest BCUT2D eigenvalue weighted by atomic mass is 35.5. The lowest BCUT2D eigenvalue weighted by Gasteiger charge is -2.09. The van der Waals surface area contributed by atoms with E-state index < -0.39 is 6.03 Å². The summed E-state index contributed by atoms with van der Waals surface area (Å²) in [6.07, 6.45) is 0. The van der Waals surface area contributed by atoms with Crippen molar-refractivity contribution in [3.63, 3.8) is 0 Å². The van der Waals surface area contributed by atoms with E-state index >= 15 is 0 Å². The summed E-state index contributed by atoms with van der Waals surface area (Å²) in [4.78, 5) is 22.8. The molecule has 23 heavy (non-hydrogen) atoms. The first-order valence-electron chi connectivity index (χ1n) is 6.87. The van der Waals surface area contributed by atoms with Crippen LogP contribution in [0, 0.1) is 0 Å². The van der Waals surface area contributed by atoms with Crippen LogP contribution in [-0.2, 0) is 0 Å². The Hall–Kier alpha value is -2.73. The molecule has 6 nitrogen and oxygen atoms in total. The zero-order valence-electron chi connectivity index (χ0n) is 12.2. The minimum Gasteiger partial charge on any atom is -0.492 e. The maximum absolute atomic E-state index is 12.0. The lowest BCUT2D eigenvalue weighted by Crippen LogP contribution is -2.28. The predicted octanol–water partition coefficient (Wildman–Crippen LogP) is 2.64. The van der Waals surface area contributed by atoms with Crippen LogP contribution in [0.25, 0.3) is 0 Å². The molecule has 0 atom stereocenters. The maximum Gasteiger partial charge on any atom is 0.316 e. The fraction of sp³-hybridized carbons (Fsp3) is 0.125. The van der Waals surface area contributed by atoms with Crippen LogP contribution in [0.5, 0.6) is 5.75 Å². The van der Waals surface area contributed by atoms with E-state index in [-0.39, 0.29) is 5.91 Å². The van der Waals surface area contributed by atoms with Crippen LogP contribution in [0.1, 0.15) is 10.4 Å². The van der Waals surface area contributed by atoms with E-state index in [2.05, 4.69) is 10.6 Å². The second-order valence-electron chi connectivity index (χ2n) is 4.63. The number of urea groups is 1. The van der Waals surface area contributed by atoms with Crippen molar-refractivity contribution < 1.29 is 14.3 Å². The van der Waals surface area contributed by atoms with Gasteiger partial charge in [0, 0.05) is 16.3 Å². The average molecular weight is 334 g/mol. The Morgan fingerprint density at radius 1 is 1.13 bits per heavy atom. The highest BCUT2D eigenvalue weighted by molar-refractivity contribution is 6.30. The van der Waals surface area contributed by atoms with Gasteiger partial charge in [0.15, 0.2) is 0 Å². The number of benzene rings is 2. The zero-order chi connectivity index (χ0) is 16.7. The Balaban J connectivity index is 1.80. The number of anilines is 1. The van der Waals surface area contributed by atoms with Gasteiger partial charge < -0.3 is 21.1 Å². The van der Waals surface area contributed by atoms with Gasteiger partial charge in [-0.15, -0.1) is 0 Å². The molecule has 120 valence electrons. The number of primary amides is 1. The van der Waals surface area contributed by atoms with Crippen LogP contribution in [0.3, 0.4) is 0 Å². The van der Waals surface area contributed by atoms with Gasteiger partial charge in [-0.1, -0.05) is 17.7 Å². The smallest absolute Gasteiger partial charge is 0.316 e. The Labute approximate surface area is 138 Å². The molecule has 0 unspecified atom stereocenters. The Morgan fingerprint density at radius 3 is 2.57 bits per heavy atom. The second-order valence-corrected chi connectivity index (χ2v) is 5.06. The van der Waals surface area contributed by atoms with Crippen molar-refractivity contribution in [3.05, 3.63) is 59.1 Å². The number of nitrogens with one attached hydrogen (secondary N) is 2. The summed E-state index contributed by atoms with van der Waals surface area (Å²) in [7, 11) is 0. The average Bonchev–Trinajstić information content (AvgIpc) is 2.52.